The van der Waals surface area contributed by atoms with Crippen LogP contribution in [-0.2, 0) is 23.1 Å². The van der Waals surface area contributed by atoms with Crippen LogP contribution in [0.3, 0.4) is 0 Å². The number of methoxy groups -OCH3 is 2. The molecule has 7 heteroatoms. The van der Waals surface area contributed by atoms with Gasteiger partial charge in [-0.05, 0) is 59.6 Å². The summed E-state index contributed by atoms with van der Waals surface area (Å²) in [4.78, 5) is 0. The van der Waals surface area contributed by atoms with E-state index >= 15 is 0 Å². The first-order valence-electron chi connectivity index (χ1n) is 9.21. The Bertz CT molecular complexity index is 773. The molecule has 0 aliphatic rings. The van der Waals surface area contributed by atoms with Crippen LogP contribution in [0.1, 0.15) is 30.9 Å². The van der Waals surface area contributed by atoms with Gasteiger partial charge in [0.2, 0.25) is 10.0 Å². The Hall–Kier alpha value is -1.32. The summed E-state index contributed by atoms with van der Waals surface area (Å²) in [5.41, 5.74) is 1.86. The van der Waals surface area contributed by atoms with Crippen molar-refractivity contribution in [2.24, 2.45) is 0 Å². The van der Waals surface area contributed by atoms with Gasteiger partial charge in [0, 0.05) is 13.1 Å². The van der Waals surface area contributed by atoms with Crippen LogP contribution in [0.2, 0.25) is 0 Å². The summed E-state index contributed by atoms with van der Waals surface area (Å²) in [5, 5.41) is -0.418. The molecule has 2 aromatic carbocycles. The first-order valence-corrected chi connectivity index (χ1v) is 12.2. The third-order valence-electron chi connectivity index (χ3n) is 4.65. The van der Waals surface area contributed by atoms with E-state index in [4.69, 9.17) is 9.47 Å². The van der Waals surface area contributed by atoms with Gasteiger partial charge in [0.25, 0.3) is 0 Å². The highest BCUT2D eigenvalue weighted by atomic mass is 127. The molecule has 0 N–H and O–H groups in total. The van der Waals surface area contributed by atoms with E-state index in [1.165, 1.54) is 0 Å². The number of hydrogen-bond acceptors (Lipinski definition) is 4. The molecule has 0 saturated heterocycles. The number of halogens is 1. The Morgan fingerprint density at radius 2 is 1.32 bits per heavy atom. The summed E-state index contributed by atoms with van der Waals surface area (Å²) >= 11 is 2.28. The van der Waals surface area contributed by atoms with Crippen molar-refractivity contribution < 1.29 is 17.9 Å². The molecule has 0 unspecified atom stereocenters. The van der Waals surface area contributed by atoms with Crippen molar-refractivity contribution in [2.75, 3.05) is 18.6 Å². The maximum absolute atomic E-state index is 13.3. The summed E-state index contributed by atoms with van der Waals surface area (Å²) in [7, 11) is -0.203. The zero-order chi connectivity index (χ0) is 20.6. The second kappa shape index (κ2) is 11.0. The van der Waals surface area contributed by atoms with Crippen LogP contribution in [0.5, 0.6) is 11.5 Å². The van der Waals surface area contributed by atoms with E-state index in [2.05, 4.69) is 22.6 Å². The topological polar surface area (TPSA) is 55.8 Å². The van der Waals surface area contributed by atoms with Gasteiger partial charge in [0.1, 0.15) is 11.5 Å². The summed E-state index contributed by atoms with van der Waals surface area (Å²) in [6, 6.07) is 15.0. The van der Waals surface area contributed by atoms with E-state index in [0.717, 1.165) is 33.5 Å². The molecular weight excluding hydrogens is 489 g/mol. The molecule has 0 spiro atoms. The van der Waals surface area contributed by atoms with Gasteiger partial charge in [0.15, 0.2) is 0 Å². The summed E-state index contributed by atoms with van der Waals surface area (Å²) in [6.45, 7) is 2.45. The maximum atomic E-state index is 13.3. The van der Waals surface area contributed by atoms with Crippen molar-refractivity contribution in [1.29, 1.82) is 0 Å². The van der Waals surface area contributed by atoms with Crippen molar-refractivity contribution in [1.82, 2.24) is 4.31 Å². The monoisotopic (exact) mass is 517 g/mol. The first kappa shape index (κ1) is 23.0. The molecule has 154 valence electrons. The SMILES string of the molecule is COc1ccc(CN(Cc2ccc(OC)cc2)S(=O)(=O)[C@H](C)CCCI)cc1. The van der Waals surface area contributed by atoms with Crippen LogP contribution >= 0.6 is 22.6 Å². The van der Waals surface area contributed by atoms with E-state index < -0.39 is 15.3 Å². The van der Waals surface area contributed by atoms with E-state index in [1.807, 2.05) is 48.5 Å². The molecule has 5 nitrogen and oxygen atoms in total. The first-order chi connectivity index (χ1) is 13.4. The van der Waals surface area contributed by atoms with Gasteiger partial charge < -0.3 is 9.47 Å². The Morgan fingerprint density at radius 1 is 0.893 bits per heavy atom. The number of ether oxygens (including phenoxy) is 2. The molecule has 2 aromatic rings. The van der Waals surface area contributed by atoms with Gasteiger partial charge in [-0.15, -0.1) is 0 Å². The molecule has 2 rings (SSSR count). The lowest BCUT2D eigenvalue weighted by atomic mass is 10.2. The number of alkyl halides is 1. The summed E-state index contributed by atoms with van der Waals surface area (Å²) in [6.07, 6.45) is 1.55. The molecule has 0 bridgehead atoms. The fourth-order valence-corrected chi connectivity index (χ4v) is 4.94. The molecule has 0 saturated carbocycles. The highest BCUT2D eigenvalue weighted by molar-refractivity contribution is 14.1. The van der Waals surface area contributed by atoms with Gasteiger partial charge in [-0.25, -0.2) is 8.42 Å². The van der Waals surface area contributed by atoms with Gasteiger partial charge in [-0.3, -0.25) is 0 Å². The second-order valence-electron chi connectivity index (χ2n) is 6.65. The fourth-order valence-electron chi connectivity index (χ4n) is 2.87. The highest BCUT2D eigenvalue weighted by Crippen LogP contribution is 2.22. The largest absolute Gasteiger partial charge is 0.497 e. The lowest BCUT2D eigenvalue weighted by Gasteiger charge is -2.26. The van der Waals surface area contributed by atoms with Crippen molar-refractivity contribution in [3.63, 3.8) is 0 Å². The van der Waals surface area contributed by atoms with Crippen molar-refractivity contribution in [3.8, 4) is 11.5 Å². The smallest absolute Gasteiger partial charge is 0.217 e. The Balaban J connectivity index is 2.26. The minimum Gasteiger partial charge on any atom is -0.497 e. The van der Waals surface area contributed by atoms with Crippen molar-refractivity contribution in [3.05, 3.63) is 59.7 Å². The van der Waals surface area contributed by atoms with E-state index in [1.54, 1.807) is 25.4 Å². The summed E-state index contributed by atoms with van der Waals surface area (Å²) < 4.78 is 39.5. The van der Waals surface area contributed by atoms with Gasteiger partial charge >= 0.3 is 0 Å². The third kappa shape index (κ3) is 6.35. The van der Waals surface area contributed by atoms with E-state index in [9.17, 15) is 8.42 Å². The summed E-state index contributed by atoms with van der Waals surface area (Å²) in [5.74, 6) is 1.51. The van der Waals surface area contributed by atoms with Crippen molar-refractivity contribution in [2.45, 2.75) is 38.1 Å². The minimum atomic E-state index is -3.43. The van der Waals surface area contributed by atoms with Crippen LogP contribution in [0, 0.1) is 0 Å². The lowest BCUT2D eigenvalue weighted by molar-refractivity contribution is 0.390. The zero-order valence-corrected chi connectivity index (χ0v) is 19.6. The fraction of sp³-hybridized carbons (Fsp3) is 0.429. The van der Waals surface area contributed by atoms with Crippen molar-refractivity contribution >= 4 is 32.6 Å². The van der Waals surface area contributed by atoms with Gasteiger partial charge in [0.05, 0.1) is 19.5 Å². The average Bonchev–Trinajstić information content (AvgIpc) is 2.72. The molecule has 0 aromatic heterocycles. The number of sulfonamides is 1. The van der Waals surface area contributed by atoms with Crippen LogP contribution in [0.15, 0.2) is 48.5 Å². The van der Waals surface area contributed by atoms with Gasteiger partial charge in [-0.2, -0.15) is 4.31 Å². The quantitative estimate of drug-likeness (QED) is 0.322. The molecule has 0 heterocycles. The standard InChI is InChI=1S/C21H28INO4S/c1-17(5-4-14-22)28(24,25)23(15-18-6-10-20(26-2)11-7-18)16-19-8-12-21(27-3)13-9-19/h6-13,17H,4-5,14-16H2,1-3H3/t17-/m1/s1. The van der Waals surface area contributed by atoms with Crippen LogP contribution in [0.4, 0.5) is 0 Å². The molecule has 0 aliphatic carbocycles. The zero-order valence-electron chi connectivity index (χ0n) is 16.6. The lowest BCUT2D eigenvalue weighted by Crippen LogP contribution is -2.36. The predicted molar refractivity (Wildman–Crippen MR) is 122 cm³/mol. The molecule has 0 radical (unpaired) electrons. The predicted octanol–water partition coefficient (Wildman–Crippen LogP) is 4.64. The van der Waals surface area contributed by atoms with E-state index in [0.29, 0.717) is 19.5 Å². The third-order valence-corrected chi connectivity index (χ3v) is 7.64. The molecule has 0 aliphatic heterocycles. The molecular formula is C21H28INO4S. The highest BCUT2D eigenvalue weighted by Gasteiger charge is 2.28. The molecule has 0 amide bonds. The maximum Gasteiger partial charge on any atom is 0.217 e. The number of rotatable bonds is 11. The Morgan fingerprint density at radius 3 is 1.68 bits per heavy atom. The minimum absolute atomic E-state index is 0.326. The van der Waals surface area contributed by atoms with Crippen LogP contribution in [-0.4, -0.2) is 36.6 Å². The van der Waals surface area contributed by atoms with E-state index in [-0.39, 0.29) is 0 Å². The average molecular weight is 517 g/mol. The molecule has 1 atom stereocenters. The number of hydrogen-bond donors (Lipinski definition) is 0. The Labute approximate surface area is 182 Å². The normalized spacial score (nSPS) is 12.8. The molecule has 0 fully saturated rings. The van der Waals surface area contributed by atoms with Gasteiger partial charge in [-0.1, -0.05) is 46.9 Å². The Kier molecular flexibility index (Phi) is 9.04. The van der Waals surface area contributed by atoms with Crippen LogP contribution < -0.4 is 9.47 Å². The molecule has 28 heavy (non-hydrogen) atoms. The second-order valence-corrected chi connectivity index (χ2v) is 10.1. The number of nitrogens with zero attached hydrogens (tertiary/aromatic N) is 1. The van der Waals surface area contributed by atoms with Crippen LogP contribution in [0.25, 0.3) is 0 Å². The number of benzene rings is 2.